The standard InChI is InChI=1S/C14H24N2O2/c1-4-12-9-17-8-7-16(12)14(11(3)15)13-6-5-10(2)18-13/h5-6,11-12,14H,4,7-9,15H2,1-3H3. The minimum atomic E-state index is 0.0442. The Morgan fingerprint density at radius 1 is 1.50 bits per heavy atom. The van der Waals surface area contributed by atoms with E-state index in [-0.39, 0.29) is 12.1 Å². The molecular weight excluding hydrogens is 228 g/mol. The van der Waals surface area contributed by atoms with Gasteiger partial charge in [-0.2, -0.15) is 0 Å². The van der Waals surface area contributed by atoms with E-state index >= 15 is 0 Å². The van der Waals surface area contributed by atoms with Crippen LogP contribution in [0.5, 0.6) is 0 Å². The SMILES string of the molecule is CCC1COCCN1C(c1ccc(C)o1)C(C)N. The summed E-state index contributed by atoms with van der Waals surface area (Å²) in [5, 5.41) is 0. The Bertz CT molecular complexity index is 376. The fourth-order valence-electron chi connectivity index (χ4n) is 2.72. The molecular formula is C14H24N2O2. The summed E-state index contributed by atoms with van der Waals surface area (Å²) in [6.07, 6.45) is 1.07. The second-order valence-corrected chi connectivity index (χ2v) is 5.13. The Balaban J connectivity index is 2.23. The first-order valence-electron chi connectivity index (χ1n) is 6.79. The van der Waals surface area contributed by atoms with E-state index in [1.54, 1.807) is 0 Å². The van der Waals surface area contributed by atoms with Crippen LogP contribution in [0.15, 0.2) is 16.5 Å². The molecule has 102 valence electrons. The molecule has 2 N–H and O–H groups in total. The molecule has 1 fully saturated rings. The van der Waals surface area contributed by atoms with Gasteiger partial charge in [-0.25, -0.2) is 0 Å². The van der Waals surface area contributed by atoms with E-state index in [1.165, 1.54) is 0 Å². The van der Waals surface area contributed by atoms with Crippen LogP contribution in [0.4, 0.5) is 0 Å². The highest BCUT2D eigenvalue weighted by Crippen LogP contribution is 2.29. The van der Waals surface area contributed by atoms with Crippen molar-refractivity contribution < 1.29 is 9.15 Å². The Hall–Kier alpha value is -0.840. The van der Waals surface area contributed by atoms with E-state index < -0.39 is 0 Å². The lowest BCUT2D eigenvalue weighted by molar-refractivity contribution is -0.0392. The van der Waals surface area contributed by atoms with Gasteiger partial charge in [-0.05, 0) is 32.4 Å². The zero-order chi connectivity index (χ0) is 13.1. The van der Waals surface area contributed by atoms with Crippen molar-refractivity contribution in [3.8, 4) is 0 Å². The maximum Gasteiger partial charge on any atom is 0.122 e. The maximum absolute atomic E-state index is 6.18. The van der Waals surface area contributed by atoms with Crippen LogP contribution in [0.25, 0.3) is 0 Å². The summed E-state index contributed by atoms with van der Waals surface area (Å²) in [5.74, 6) is 1.92. The van der Waals surface area contributed by atoms with Gasteiger partial charge in [-0.3, -0.25) is 4.90 Å². The third-order valence-electron chi connectivity index (χ3n) is 3.65. The molecule has 0 radical (unpaired) electrons. The highest BCUT2D eigenvalue weighted by molar-refractivity contribution is 5.12. The van der Waals surface area contributed by atoms with Crippen LogP contribution in [0.2, 0.25) is 0 Å². The van der Waals surface area contributed by atoms with Crippen molar-refractivity contribution in [3.05, 3.63) is 23.7 Å². The highest BCUT2D eigenvalue weighted by Gasteiger charge is 2.33. The van der Waals surface area contributed by atoms with Gasteiger partial charge in [0.1, 0.15) is 11.5 Å². The first-order valence-corrected chi connectivity index (χ1v) is 6.79. The molecule has 0 aliphatic carbocycles. The van der Waals surface area contributed by atoms with Crippen LogP contribution in [0.3, 0.4) is 0 Å². The normalized spacial score (nSPS) is 25.0. The van der Waals surface area contributed by atoms with E-state index in [0.717, 1.165) is 37.7 Å². The first kappa shape index (κ1) is 13.6. The van der Waals surface area contributed by atoms with E-state index in [2.05, 4.69) is 11.8 Å². The van der Waals surface area contributed by atoms with Gasteiger partial charge in [-0.1, -0.05) is 6.92 Å². The molecule has 2 rings (SSSR count). The molecule has 0 aromatic carbocycles. The quantitative estimate of drug-likeness (QED) is 0.891. The third kappa shape index (κ3) is 2.76. The van der Waals surface area contributed by atoms with Gasteiger partial charge in [0, 0.05) is 18.6 Å². The lowest BCUT2D eigenvalue weighted by Crippen LogP contribution is -2.51. The number of hydrogen-bond donors (Lipinski definition) is 1. The predicted octanol–water partition coefficient (Wildman–Crippen LogP) is 2.09. The van der Waals surface area contributed by atoms with Crippen molar-refractivity contribution in [1.29, 1.82) is 0 Å². The minimum Gasteiger partial charge on any atom is -0.465 e. The Morgan fingerprint density at radius 3 is 2.83 bits per heavy atom. The van der Waals surface area contributed by atoms with Crippen molar-refractivity contribution >= 4 is 0 Å². The molecule has 1 aromatic heterocycles. The molecule has 1 aromatic rings. The second-order valence-electron chi connectivity index (χ2n) is 5.13. The number of morpholine rings is 1. The van der Waals surface area contributed by atoms with Crippen molar-refractivity contribution in [2.24, 2.45) is 5.73 Å². The van der Waals surface area contributed by atoms with Crippen LogP contribution in [0.1, 0.15) is 37.8 Å². The molecule has 1 aliphatic rings. The van der Waals surface area contributed by atoms with Gasteiger partial charge in [0.2, 0.25) is 0 Å². The fraction of sp³-hybridized carbons (Fsp3) is 0.714. The molecule has 18 heavy (non-hydrogen) atoms. The zero-order valence-corrected chi connectivity index (χ0v) is 11.6. The van der Waals surface area contributed by atoms with Crippen molar-refractivity contribution in [2.75, 3.05) is 19.8 Å². The van der Waals surface area contributed by atoms with Gasteiger partial charge in [-0.15, -0.1) is 0 Å². The summed E-state index contributed by atoms with van der Waals surface area (Å²) in [5.41, 5.74) is 6.18. The van der Waals surface area contributed by atoms with Crippen molar-refractivity contribution in [1.82, 2.24) is 4.90 Å². The number of ether oxygens (including phenoxy) is 1. The van der Waals surface area contributed by atoms with Gasteiger partial charge in [0.15, 0.2) is 0 Å². The largest absolute Gasteiger partial charge is 0.465 e. The van der Waals surface area contributed by atoms with Crippen LogP contribution >= 0.6 is 0 Å². The smallest absolute Gasteiger partial charge is 0.122 e. The molecule has 1 saturated heterocycles. The van der Waals surface area contributed by atoms with Crippen LogP contribution in [-0.2, 0) is 4.74 Å². The predicted molar refractivity (Wildman–Crippen MR) is 71.4 cm³/mol. The summed E-state index contributed by atoms with van der Waals surface area (Å²) in [6.45, 7) is 8.70. The summed E-state index contributed by atoms with van der Waals surface area (Å²) in [6, 6.07) is 4.67. The number of furan rings is 1. The lowest BCUT2D eigenvalue weighted by atomic mass is 10.0. The number of rotatable bonds is 4. The molecule has 0 spiro atoms. The maximum atomic E-state index is 6.18. The molecule has 0 bridgehead atoms. The Morgan fingerprint density at radius 2 is 2.28 bits per heavy atom. The first-order chi connectivity index (χ1) is 8.63. The summed E-state index contributed by atoms with van der Waals surface area (Å²) in [4.78, 5) is 2.44. The summed E-state index contributed by atoms with van der Waals surface area (Å²) < 4.78 is 11.4. The molecule has 3 unspecified atom stereocenters. The lowest BCUT2D eigenvalue weighted by Gasteiger charge is -2.41. The van der Waals surface area contributed by atoms with Gasteiger partial charge in [0.25, 0.3) is 0 Å². The fourth-order valence-corrected chi connectivity index (χ4v) is 2.72. The summed E-state index contributed by atoms with van der Waals surface area (Å²) in [7, 11) is 0. The molecule has 0 amide bonds. The topological polar surface area (TPSA) is 51.6 Å². The van der Waals surface area contributed by atoms with E-state index in [4.69, 9.17) is 14.9 Å². The molecule has 3 atom stereocenters. The average molecular weight is 252 g/mol. The van der Waals surface area contributed by atoms with E-state index in [9.17, 15) is 0 Å². The van der Waals surface area contributed by atoms with Gasteiger partial charge >= 0.3 is 0 Å². The van der Waals surface area contributed by atoms with Crippen molar-refractivity contribution in [2.45, 2.75) is 45.3 Å². The number of nitrogens with two attached hydrogens (primary N) is 1. The van der Waals surface area contributed by atoms with Crippen LogP contribution < -0.4 is 5.73 Å². The Labute approximate surface area is 109 Å². The van der Waals surface area contributed by atoms with Gasteiger partial charge in [0.05, 0.1) is 19.3 Å². The molecule has 1 aliphatic heterocycles. The second kappa shape index (κ2) is 5.87. The monoisotopic (exact) mass is 252 g/mol. The summed E-state index contributed by atoms with van der Waals surface area (Å²) >= 11 is 0. The zero-order valence-electron chi connectivity index (χ0n) is 11.6. The number of hydrogen-bond acceptors (Lipinski definition) is 4. The average Bonchev–Trinajstić information content (AvgIpc) is 2.76. The minimum absolute atomic E-state index is 0.0442. The molecule has 0 saturated carbocycles. The van der Waals surface area contributed by atoms with E-state index in [0.29, 0.717) is 6.04 Å². The molecule has 4 heteroatoms. The van der Waals surface area contributed by atoms with Crippen molar-refractivity contribution in [3.63, 3.8) is 0 Å². The van der Waals surface area contributed by atoms with Crippen LogP contribution in [0, 0.1) is 6.92 Å². The number of aryl methyl sites for hydroxylation is 1. The third-order valence-corrected chi connectivity index (χ3v) is 3.65. The number of nitrogens with zero attached hydrogens (tertiary/aromatic N) is 1. The molecule has 4 nitrogen and oxygen atoms in total. The highest BCUT2D eigenvalue weighted by atomic mass is 16.5. The van der Waals surface area contributed by atoms with Gasteiger partial charge < -0.3 is 14.9 Å². The van der Waals surface area contributed by atoms with E-state index in [1.807, 2.05) is 26.0 Å². The Kier molecular flexibility index (Phi) is 4.43. The molecule has 2 heterocycles. The van der Waals surface area contributed by atoms with Crippen LogP contribution in [-0.4, -0.2) is 36.7 Å².